The second-order valence-corrected chi connectivity index (χ2v) is 4.71. The molecule has 0 radical (unpaired) electrons. The second-order valence-electron chi connectivity index (χ2n) is 4.71. The smallest absolute Gasteiger partial charge is 0.337 e. The van der Waals surface area contributed by atoms with E-state index >= 15 is 0 Å². The van der Waals surface area contributed by atoms with E-state index in [0.29, 0.717) is 5.56 Å². The molecule has 0 spiro atoms. The molecule has 0 N–H and O–H groups in total. The predicted octanol–water partition coefficient (Wildman–Crippen LogP) is 3.55. The van der Waals surface area contributed by atoms with Crippen LogP contribution in [0.5, 0.6) is 0 Å². The van der Waals surface area contributed by atoms with E-state index in [-0.39, 0.29) is 11.4 Å². The standard InChI is InChI=1S/C14H20O2/c1-5-9-14(2,3)12-8-6-7-11(10-12)13(15)16-4/h6-8,10H,5,9H2,1-4H3. The largest absolute Gasteiger partial charge is 0.465 e. The molecular formula is C14H20O2. The van der Waals surface area contributed by atoms with Crippen LogP contribution in [0, 0.1) is 0 Å². The number of carbonyl (C=O) groups excluding carboxylic acids is 1. The molecule has 1 aromatic rings. The molecule has 1 rings (SSSR count). The summed E-state index contributed by atoms with van der Waals surface area (Å²) in [6, 6.07) is 7.71. The molecule has 0 saturated carbocycles. The normalized spacial score (nSPS) is 11.2. The lowest BCUT2D eigenvalue weighted by Gasteiger charge is -2.25. The Morgan fingerprint density at radius 1 is 1.38 bits per heavy atom. The van der Waals surface area contributed by atoms with Crippen LogP contribution in [0.4, 0.5) is 0 Å². The Morgan fingerprint density at radius 3 is 2.62 bits per heavy atom. The van der Waals surface area contributed by atoms with Crippen LogP contribution in [-0.4, -0.2) is 13.1 Å². The Bertz CT molecular complexity index is 367. The Morgan fingerprint density at radius 2 is 2.06 bits per heavy atom. The highest BCUT2D eigenvalue weighted by Gasteiger charge is 2.20. The van der Waals surface area contributed by atoms with Crippen LogP contribution in [0.25, 0.3) is 0 Å². The number of ether oxygens (including phenoxy) is 1. The van der Waals surface area contributed by atoms with Crippen molar-refractivity contribution < 1.29 is 9.53 Å². The fourth-order valence-corrected chi connectivity index (χ4v) is 1.95. The van der Waals surface area contributed by atoms with E-state index in [0.717, 1.165) is 12.8 Å². The van der Waals surface area contributed by atoms with Gasteiger partial charge in [0.25, 0.3) is 0 Å². The summed E-state index contributed by atoms with van der Waals surface area (Å²) in [6.45, 7) is 6.58. The van der Waals surface area contributed by atoms with Gasteiger partial charge in [0.2, 0.25) is 0 Å². The summed E-state index contributed by atoms with van der Waals surface area (Å²) in [5, 5.41) is 0. The fourth-order valence-electron chi connectivity index (χ4n) is 1.95. The van der Waals surface area contributed by atoms with Crippen molar-refractivity contribution in [1.29, 1.82) is 0 Å². The zero-order valence-electron chi connectivity index (χ0n) is 10.5. The van der Waals surface area contributed by atoms with Crippen molar-refractivity contribution in [3.05, 3.63) is 35.4 Å². The first-order valence-electron chi connectivity index (χ1n) is 5.70. The molecule has 88 valence electrons. The molecule has 0 aliphatic rings. The summed E-state index contributed by atoms with van der Waals surface area (Å²) in [5.41, 5.74) is 1.93. The molecule has 0 atom stereocenters. The summed E-state index contributed by atoms with van der Waals surface area (Å²) in [4.78, 5) is 11.4. The van der Waals surface area contributed by atoms with Gasteiger partial charge in [0.15, 0.2) is 0 Å². The Labute approximate surface area is 97.6 Å². The van der Waals surface area contributed by atoms with Crippen molar-refractivity contribution >= 4 is 5.97 Å². The molecule has 0 aliphatic carbocycles. The third kappa shape index (κ3) is 2.84. The summed E-state index contributed by atoms with van der Waals surface area (Å²) < 4.78 is 4.72. The van der Waals surface area contributed by atoms with Gasteiger partial charge in [-0.2, -0.15) is 0 Å². The average molecular weight is 220 g/mol. The summed E-state index contributed by atoms with van der Waals surface area (Å²) in [5.74, 6) is -0.269. The Kier molecular flexibility index (Phi) is 4.11. The minimum Gasteiger partial charge on any atom is -0.465 e. The molecule has 0 unspecified atom stereocenters. The molecule has 0 bridgehead atoms. The second kappa shape index (κ2) is 5.15. The minimum atomic E-state index is -0.269. The zero-order chi connectivity index (χ0) is 12.2. The molecule has 0 aliphatic heterocycles. The van der Waals surface area contributed by atoms with Crippen LogP contribution in [0.2, 0.25) is 0 Å². The van der Waals surface area contributed by atoms with E-state index in [2.05, 4.69) is 26.8 Å². The number of carbonyl (C=O) groups is 1. The maximum absolute atomic E-state index is 11.4. The summed E-state index contributed by atoms with van der Waals surface area (Å²) in [6.07, 6.45) is 2.24. The van der Waals surface area contributed by atoms with Crippen LogP contribution in [0.15, 0.2) is 24.3 Å². The number of benzene rings is 1. The summed E-state index contributed by atoms with van der Waals surface area (Å²) in [7, 11) is 1.41. The lowest BCUT2D eigenvalue weighted by atomic mass is 9.80. The van der Waals surface area contributed by atoms with Crippen LogP contribution in [0.1, 0.15) is 49.5 Å². The van der Waals surface area contributed by atoms with Crippen molar-refractivity contribution in [3.8, 4) is 0 Å². The van der Waals surface area contributed by atoms with Gasteiger partial charge in [-0.3, -0.25) is 0 Å². The highest BCUT2D eigenvalue weighted by molar-refractivity contribution is 5.89. The number of rotatable bonds is 4. The van der Waals surface area contributed by atoms with Gasteiger partial charge >= 0.3 is 5.97 Å². The minimum absolute atomic E-state index is 0.110. The van der Waals surface area contributed by atoms with Crippen LogP contribution < -0.4 is 0 Å². The van der Waals surface area contributed by atoms with Crippen molar-refractivity contribution in [3.63, 3.8) is 0 Å². The fraction of sp³-hybridized carbons (Fsp3) is 0.500. The molecule has 1 aromatic carbocycles. The van der Waals surface area contributed by atoms with Gasteiger partial charge in [-0.05, 0) is 29.5 Å². The van der Waals surface area contributed by atoms with E-state index in [9.17, 15) is 4.79 Å². The molecule has 0 heterocycles. The number of methoxy groups -OCH3 is 1. The third-order valence-corrected chi connectivity index (χ3v) is 2.94. The molecule has 0 aromatic heterocycles. The van der Waals surface area contributed by atoms with Gasteiger partial charge in [0, 0.05) is 0 Å². The van der Waals surface area contributed by atoms with Crippen molar-refractivity contribution in [1.82, 2.24) is 0 Å². The topological polar surface area (TPSA) is 26.3 Å². The SMILES string of the molecule is CCCC(C)(C)c1cccc(C(=O)OC)c1. The van der Waals surface area contributed by atoms with Crippen LogP contribution in [-0.2, 0) is 10.2 Å². The maximum atomic E-state index is 11.4. The lowest BCUT2D eigenvalue weighted by Crippen LogP contribution is -2.17. The Hall–Kier alpha value is -1.31. The van der Waals surface area contributed by atoms with Gasteiger partial charge in [-0.15, -0.1) is 0 Å². The highest BCUT2D eigenvalue weighted by Crippen LogP contribution is 2.28. The number of hydrogen-bond acceptors (Lipinski definition) is 2. The van der Waals surface area contributed by atoms with E-state index in [1.807, 2.05) is 12.1 Å². The third-order valence-electron chi connectivity index (χ3n) is 2.94. The zero-order valence-corrected chi connectivity index (χ0v) is 10.5. The van der Waals surface area contributed by atoms with Gasteiger partial charge in [-0.25, -0.2) is 4.79 Å². The van der Waals surface area contributed by atoms with Crippen molar-refractivity contribution in [2.45, 2.75) is 39.0 Å². The molecule has 0 saturated heterocycles. The first-order chi connectivity index (χ1) is 7.51. The van der Waals surface area contributed by atoms with Crippen LogP contribution >= 0.6 is 0 Å². The first-order valence-corrected chi connectivity index (χ1v) is 5.70. The van der Waals surface area contributed by atoms with Crippen molar-refractivity contribution in [2.75, 3.05) is 7.11 Å². The van der Waals surface area contributed by atoms with E-state index in [4.69, 9.17) is 4.74 Å². The average Bonchev–Trinajstić information content (AvgIpc) is 2.28. The van der Waals surface area contributed by atoms with Crippen molar-refractivity contribution in [2.24, 2.45) is 0 Å². The van der Waals surface area contributed by atoms with Gasteiger partial charge in [-0.1, -0.05) is 39.3 Å². The predicted molar refractivity (Wildman–Crippen MR) is 65.7 cm³/mol. The van der Waals surface area contributed by atoms with Crippen LogP contribution in [0.3, 0.4) is 0 Å². The first kappa shape index (κ1) is 12.8. The van der Waals surface area contributed by atoms with E-state index in [1.54, 1.807) is 6.07 Å². The highest BCUT2D eigenvalue weighted by atomic mass is 16.5. The molecule has 0 fully saturated rings. The van der Waals surface area contributed by atoms with E-state index < -0.39 is 0 Å². The maximum Gasteiger partial charge on any atom is 0.337 e. The molecule has 0 amide bonds. The molecule has 2 heteroatoms. The van der Waals surface area contributed by atoms with Gasteiger partial charge in [0.05, 0.1) is 12.7 Å². The van der Waals surface area contributed by atoms with Gasteiger partial charge < -0.3 is 4.74 Å². The number of hydrogen-bond donors (Lipinski definition) is 0. The monoisotopic (exact) mass is 220 g/mol. The summed E-state index contributed by atoms with van der Waals surface area (Å²) >= 11 is 0. The van der Waals surface area contributed by atoms with Gasteiger partial charge in [0.1, 0.15) is 0 Å². The number of esters is 1. The van der Waals surface area contributed by atoms with E-state index in [1.165, 1.54) is 12.7 Å². The Balaban J connectivity index is 3.02. The molecular weight excluding hydrogens is 200 g/mol. The lowest BCUT2D eigenvalue weighted by molar-refractivity contribution is 0.0600. The molecule has 16 heavy (non-hydrogen) atoms. The quantitative estimate of drug-likeness (QED) is 0.725. The molecule has 2 nitrogen and oxygen atoms in total.